The van der Waals surface area contributed by atoms with Gasteiger partial charge in [-0.3, -0.25) is 4.79 Å². The zero-order chi connectivity index (χ0) is 15.4. The first kappa shape index (κ1) is 15.1. The maximum atomic E-state index is 12.2. The largest absolute Gasteiger partial charge is 0.397 e. The van der Waals surface area contributed by atoms with Gasteiger partial charge >= 0.3 is 0 Å². The molecule has 2 aromatic rings. The molecule has 1 amide bonds. The molecule has 6 heteroatoms. The van der Waals surface area contributed by atoms with Gasteiger partial charge in [0.2, 0.25) is 0 Å². The van der Waals surface area contributed by atoms with Crippen LogP contribution in [-0.2, 0) is 0 Å². The Kier molecular flexibility index (Phi) is 4.59. The number of hydrogen-bond donors (Lipinski definition) is 2. The number of aliphatic hydroxyl groups excluding tert-OH is 1. The molecular weight excluding hydrogens is 268 g/mol. The lowest BCUT2D eigenvalue weighted by Gasteiger charge is -2.16. The van der Waals surface area contributed by atoms with Gasteiger partial charge in [-0.05, 0) is 31.5 Å². The van der Waals surface area contributed by atoms with Crippen molar-refractivity contribution in [3.8, 4) is 5.69 Å². The second-order valence-electron chi connectivity index (χ2n) is 5.07. The monoisotopic (exact) mass is 288 g/mol. The number of carbonyl (C=O) groups is 1. The number of nitrogen functional groups attached to an aromatic ring is 1. The number of nitrogens with zero attached hydrogens (tertiary/aromatic N) is 3. The van der Waals surface area contributed by atoms with Gasteiger partial charge in [-0.25, -0.2) is 4.68 Å². The zero-order valence-electron chi connectivity index (χ0n) is 12.2. The van der Waals surface area contributed by atoms with Gasteiger partial charge < -0.3 is 15.7 Å². The summed E-state index contributed by atoms with van der Waals surface area (Å²) in [6.07, 6.45) is 1.82. The number of carbonyl (C=O) groups excluding carboxylic acids is 1. The molecule has 0 saturated heterocycles. The smallest absolute Gasteiger partial charge is 0.274 e. The van der Waals surface area contributed by atoms with Crippen LogP contribution in [0.4, 0.5) is 5.69 Å². The maximum Gasteiger partial charge on any atom is 0.274 e. The Balaban J connectivity index is 2.13. The molecule has 2 rings (SSSR count). The molecule has 0 aliphatic carbocycles. The first-order valence-electron chi connectivity index (χ1n) is 6.83. The normalized spacial score (nSPS) is 12.1. The van der Waals surface area contributed by atoms with E-state index in [1.54, 1.807) is 41.9 Å². The van der Waals surface area contributed by atoms with Crippen LogP contribution in [0.3, 0.4) is 0 Å². The van der Waals surface area contributed by atoms with Crippen molar-refractivity contribution < 1.29 is 9.90 Å². The van der Waals surface area contributed by atoms with Crippen molar-refractivity contribution in [2.45, 2.75) is 19.4 Å². The van der Waals surface area contributed by atoms with Crippen molar-refractivity contribution in [1.29, 1.82) is 0 Å². The summed E-state index contributed by atoms with van der Waals surface area (Å²) in [4.78, 5) is 13.8. The van der Waals surface area contributed by atoms with E-state index >= 15 is 0 Å². The first-order chi connectivity index (χ1) is 9.99. The van der Waals surface area contributed by atoms with Gasteiger partial charge in [0.25, 0.3) is 5.91 Å². The maximum absolute atomic E-state index is 12.2. The van der Waals surface area contributed by atoms with Crippen LogP contribution in [0, 0.1) is 0 Å². The summed E-state index contributed by atoms with van der Waals surface area (Å²) in [5.41, 5.74) is 7.59. The number of aliphatic hydroxyl groups is 1. The predicted molar refractivity (Wildman–Crippen MR) is 81.2 cm³/mol. The van der Waals surface area contributed by atoms with Gasteiger partial charge in [0, 0.05) is 19.8 Å². The number of benzene rings is 1. The van der Waals surface area contributed by atoms with Crippen LogP contribution in [0.5, 0.6) is 0 Å². The molecule has 1 aromatic carbocycles. The summed E-state index contributed by atoms with van der Waals surface area (Å²) >= 11 is 0. The van der Waals surface area contributed by atoms with Crippen LogP contribution in [0.2, 0.25) is 0 Å². The zero-order valence-corrected chi connectivity index (χ0v) is 12.2. The Bertz CT molecular complexity index is 622. The third-order valence-corrected chi connectivity index (χ3v) is 3.22. The highest BCUT2D eigenvalue weighted by atomic mass is 16.3. The van der Waals surface area contributed by atoms with Gasteiger partial charge in [0.1, 0.15) is 0 Å². The van der Waals surface area contributed by atoms with Gasteiger partial charge in [-0.1, -0.05) is 12.1 Å². The number of anilines is 1. The van der Waals surface area contributed by atoms with E-state index < -0.39 is 6.10 Å². The summed E-state index contributed by atoms with van der Waals surface area (Å²) in [7, 11) is 1.70. The van der Waals surface area contributed by atoms with Crippen LogP contribution >= 0.6 is 0 Å². The van der Waals surface area contributed by atoms with Crippen molar-refractivity contribution in [2.75, 3.05) is 19.3 Å². The van der Waals surface area contributed by atoms with Crippen molar-refractivity contribution >= 4 is 11.6 Å². The van der Waals surface area contributed by atoms with Crippen molar-refractivity contribution in [2.24, 2.45) is 0 Å². The molecule has 0 bridgehead atoms. The molecule has 0 aliphatic heterocycles. The van der Waals surface area contributed by atoms with E-state index in [1.165, 1.54) is 0 Å². The topological polar surface area (TPSA) is 84.4 Å². The average Bonchev–Trinajstić information content (AvgIpc) is 2.94. The molecule has 1 atom stereocenters. The number of hydrogen-bond acceptors (Lipinski definition) is 4. The molecule has 1 aromatic heterocycles. The van der Waals surface area contributed by atoms with E-state index in [0.717, 1.165) is 5.69 Å². The Morgan fingerprint density at radius 2 is 2.14 bits per heavy atom. The van der Waals surface area contributed by atoms with Crippen LogP contribution in [-0.4, -0.2) is 45.4 Å². The third kappa shape index (κ3) is 3.61. The van der Waals surface area contributed by atoms with Crippen LogP contribution in [0.1, 0.15) is 23.8 Å². The Hall–Kier alpha value is -2.34. The summed E-state index contributed by atoms with van der Waals surface area (Å²) in [5, 5.41) is 13.5. The van der Waals surface area contributed by atoms with E-state index in [0.29, 0.717) is 24.3 Å². The number of amides is 1. The number of aromatic nitrogens is 2. The standard InChI is InChI=1S/C15H20N4O2/c1-11(20)7-9-18(2)15(21)13-8-10-19(17-13)14-6-4-3-5-12(14)16/h3-6,8,10-11,20H,7,9,16H2,1-2H3. The van der Waals surface area contributed by atoms with E-state index in [4.69, 9.17) is 5.73 Å². The minimum Gasteiger partial charge on any atom is -0.397 e. The molecule has 0 saturated carbocycles. The molecule has 21 heavy (non-hydrogen) atoms. The summed E-state index contributed by atoms with van der Waals surface area (Å²) < 4.78 is 1.59. The second-order valence-corrected chi connectivity index (χ2v) is 5.07. The van der Waals surface area contributed by atoms with E-state index in [9.17, 15) is 9.90 Å². The first-order valence-corrected chi connectivity index (χ1v) is 6.83. The second kappa shape index (κ2) is 6.41. The average molecular weight is 288 g/mol. The van der Waals surface area contributed by atoms with Crippen molar-refractivity contribution in [1.82, 2.24) is 14.7 Å². The molecule has 1 heterocycles. The molecule has 1 unspecified atom stereocenters. The van der Waals surface area contributed by atoms with E-state index in [2.05, 4.69) is 5.10 Å². The van der Waals surface area contributed by atoms with Gasteiger partial charge in [-0.2, -0.15) is 5.10 Å². The fourth-order valence-corrected chi connectivity index (χ4v) is 1.95. The highest BCUT2D eigenvalue weighted by Gasteiger charge is 2.16. The van der Waals surface area contributed by atoms with Crippen LogP contribution < -0.4 is 5.73 Å². The fourth-order valence-electron chi connectivity index (χ4n) is 1.95. The number of para-hydroxylation sites is 2. The van der Waals surface area contributed by atoms with Crippen LogP contribution in [0.15, 0.2) is 36.5 Å². The van der Waals surface area contributed by atoms with Gasteiger partial charge in [0.15, 0.2) is 5.69 Å². The summed E-state index contributed by atoms with van der Waals surface area (Å²) in [6, 6.07) is 9.00. The molecular formula is C15H20N4O2. The lowest BCUT2D eigenvalue weighted by atomic mass is 10.2. The third-order valence-electron chi connectivity index (χ3n) is 3.22. The molecule has 0 radical (unpaired) electrons. The number of nitrogens with two attached hydrogens (primary N) is 1. The Morgan fingerprint density at radius 1 is 1.43 bits per heavy atom. The highest BCUT2D eigenvalue weighted by Crippen LogP contribution is 2.16. The van der Waals surface area contributed by atoms with Crippen molar-refractivity contribution in [3.63, 3.8) is 0 Å². The lowest BCUT2D eigenvalue weighted by Crippen LogP contribution is -2.29. The predicted octanol–water partition coefficient (Wildman–Crippen LogP) is 1.30. The van der Waals surface area contributed by atoms with Crippen LogP contribution in [0.25, 0.3) is 5.69 Å². The summed E-state index contributed by atoms with van der Waals surface area (Å²) in [6.45, 7) is 2.18. The van der Waals surface area contributed by atoms with Gasteiger partial charge in [0.05, 0.1) is 17.5 Å². The van der Waals surface area contributed by atoms with Crippen molar-refractivity contribution in [3.05, 3.63) is 42.2 Å². The highest BCUT2D eigenvalue weighted by molar-refractivity contribution is 5.92. The van der Waals surface area contributed by atoms with Gasteiger partial charge in [-0.15, -0.1) is 0 Å². The summed E-state index contributed by atoms with van der Waals surface area (Å²) in [5.74, 6) is -0.177. The Morgan fingerprint density at radius 3 is 2.81 bits per heavy atom. The number of rotatable bonds is 5. The minimum atomic E-state index is -0.429. The quantitative estimate of drug-likeness (QED) is 0.812. The fraction of sp³-hybridized carbons (Fsp3) is 0.333. The molecule has 6 nitrogen and oxygen atoms in total. The molecule has 112 valence electrons. The lowest BCUT2D eigenvalue weighted by molar-refractivity contribution is 0.0763. The van der Waals surface area contributed by atoms with E-state index in [1.807, 2.05) is 18.2 Å². The molecule has 0 aliphatic rings. The molecule has 0 spiro atoms. The van der Waals surface area contributed by atoms with E-state index in [-0.39, 0.29) is 5.91 Å². The molecule has 3 N–H and O–H groups in total. The SMILES string of the molecule is CC(O)CCN(C)C(=O)c1ccn(-c2ccccc2N)n1. The molecule has 0 fully saturated rings. The Labute approximate surface area is 123 Å². The minimum absolute atomic E-state index is 0.177.